The van der Waals surface area contributed by atoms with Crippen LogP contribution in [0.25, 0.3) is 16.6 Å². The number of ether oxygens (including phenoxy) is 1. The Balaban J connectivity index is 2.20. The number of hydrogen-bond acceptors (Lipinski definition) is 3. The maximum atomic E-state index is 12.2. The molecule has 2 heterocycles. The molecule has 0 aliphatic rings. The number of pyridine rings is 1. The van der Waals surface area contributed by atoms with Gasteiger partial charge in [-0.25, -0.2) is 4.98 Å². The van der Waals surface area contributed by atoms with Crippen LogP contribution in [0, 0.1) is 0 Å². The van der Waals surface area contributed by atoms with E-state index >= 15 is 0 Å². The van der Waals surface area contributed by atoms with Crippen molar-refractivity contribution in [2.75, 3.05) is 6.61 Å². The SMILES string of the molecule is CCOC(=O)C(C)c1c(-c2ccccc2)ccc2cncn12. The van der Waals surface area contributed by atoms with Gasteiger partial charge in [-0.05, 0) is 25.5 Å². The van der Waals surface area contributed by atoms with Crippen LogP contribution < -0.4 is 0 Å². The Hall–Kier alpha value is -2.62. The summed E-state index contributed by atoms with van der Waals surface area (Å²) in [6, 6.07) is 14.1. The van der Waals surface area contributed by atoms with Crippen LogP contribution in [0.1, 0.15) is 25.5 Å². The van der Waals surface area contributed by atoms with E-state index in [1.165, 1.54) is 0 Å². The Bertz CT molecular complexity index is 793. The van der Waals surface area contributed by atoms with Crippen molar-refractivity contribution in [2.24, 2.45) is 0 Å². The van der Waals surface area contributed by atoms with Gasteiger partial charge < -0.3 is 9.14 Å². The van der Waals surface area contributed by atoms with Crippen molar-refractivity contribution in [1.82, 2.24) is 9.38 Å². The van der Waals surface area contributed by atoms with Crippen LogP contribution >= 0.6 is 0 Å². The van der Waals surface area contributed by atoms with Gasteiger partial charge in [0.05, 0.1) is 30.6 Å². The smallest absolute Gasteiger partial charge is 0.314 e. The highest BCUT2D eigenvalue weighted by Gasteiger charge is 2.23. The summed E-state index contributed by atoms with van der Waals surface area (Å²) in [5.41, 5.74) is 3.96. The molecule has 1 unspecified atom stereocenters. The molecule has 0 amide bonds. The summed E-state index contributed by atoms with van der Waals surface area (Å²) in [6.07, 6.45) is 3.53. The standard InChI is InChI=1S/C18H18N2O2/c1-3-22-18(21)13(2)17-16(14-7-5-4-6-8-14)10-9-15-11-19-12-20(15)17/h4-13H,3H2,1-2H3. The number of fused-ring (bicyclic) bond motifs is 1. The minimum Gasteiger partial charge on any atom is -0.465 e. The number of aromatic nitrogens is 2. The number of carbonyl (C=O) groups is 1. The molecule has 3 aromatic rings. The van der Waals surface area contributed by atoms with Crippen molar-refractivity contribution >= 4 is 11.5 Å². The molecule has 4 nitrogen and oxygen atoms in total. The van der Waals surface area contributed by atoms with Gasteiger partial charge in [0.1, 0.15) is 0 Å². The van der Waals surface area contributed by atoms with Crippen LogP contribution in [0.15, 0.2) is 55.0 Å². The third-order valence-electron chi connectivity index (χ3n) is 3.76. The molecule has 0 saturated carbocycles. The van der Waals surface area contributed by atoms with E-state index in [9.17, 15) is 4.79 Å². The van der Waals surface area contributed by atoms with E-state index in [1.54, 1.807) is 12.5 Å². The second-order valence-corrected chi connectivity index (χ2v) is 5.16. The molecule has 0 saturated heterocycles. The molecule has 0 aliphatic carbocycles. The first-order valence-electron chi connectivity index (χ1n) is 7.39. The van der Waals surface area contributed by atoms with Crippen LogP contribution in [0.4, 0.5) is 0 Å². The molecule has 0 N–H and O–H groups in total. The van der Waals surface area contributed by atoms with E-state index in [2.05, 4.69) is 4.98 Å². The zero-order valence-corrected chi connectivity index (χ0v) is 12.7. The third-order valence-corrected chi connectivity index (χ3v) is 3.76. The predicted molar refractivity (Wildman–Crippen MR) is 85.7 cm³/mol. The van der Waals surface area contributed by atoms with E-state index in [-0.39, 0.29) is 11.9 Å². The van der Waals surface area contributed by atoms with Crippen molar-refractivity contribution in [2.45, 2.75) is 19.8 Å². The topological polar surface area (TPSA) is 43.6 Å². The zero-order valence-electron chi connectivity index (χ0n) is 12.7. The van der Waals surface area contributed by atoms with Crippen LogP contribution in [-0.2, 0) is 9.53 Å². The van der Waals surface area contributed by atoms with Crippen molar-refractivity contribution in [3.63, 3.8) is 0 Å². The van der Waals surface area contributed by atoms with Crippen LogP contribution in [-0.4, -0.2) is 22.0 Å². The van der Waals surface area contributed by atoms with Gasteiger partial charge in [-0.1, -0.05) is 36.4 Å². The average Bonchev–Trinajstić information content (AvgIpc) is 3.03. The van der Waals surface area contributed by atoms with E-state index in [0.29, 0.717) is 6.61 Å². The molecule has 0 fully saturated rings. The first-order chi connectivity index (χ1) is 10.7. The van der Waals surface area contributed by atoms with E-state index in [1.807, 2.05) is 60.7 Å². The van der Waals surface area contributed by atoms with E-state index in [4.69, 9.17) is 4.74 Å². The molecule has 0 radical (unpaired) electrons. The normalized spacial score (nSPS) is 12.3. The summed E-state index contributed by atoms with van der Waals surface area (Å²) in [5.74, 6) is -0.589. The lowest BCUT2D eigenvalue weighted by Gasteiger charge is -2.18. The van der Waals surface area contributed by atoms with Gasteiger partial charge in [0, 0.05) is 11.3 Å². The largest absolute Gasteiger partial charge is 0.465 e. The summed E-state index contributed by atoms with van der Waals surface area (Å²) in [4.78, 5) is 16.4. The molecule has 2 aromatic heterocycles. The van der Waals surface area contributed by atoms with Crippen molar-refractivity contribution in [3.05, 3.63) is 60.7 Å². The number of carbonyl (C=O) groups excluding carboxylic acids is 1. The minimum absolute atomic E-state index is 0.221. The highest BCUT2D eigenvalue weighted by atomic mass is 16.5. The van der Waals surface area contributed by atoms with Gasteiger partial charge in [-0.15, -0.1) is 0 Å². The number of esters is 1. The van der Waals surface area contributed by atoms with Crippen molar-refractivity contribution < 1.29 is 9.53 Å². The molecule has 0 bridgehead atoms. The van der Waals surface area contributed by atoms with Gasteiger partial charge in [0.15, 0.2) is 0 Å². The summed E-state index contributed by atoms with van der Waals surface area (Å²) in [7, 11) is 0. The number of rotatable bonds is 4. The van der Waals surface area contributed by atoms with Crippen LogP contribution in [0.3, 0.4) is 0 Å². The quantitative estimate of drug-likeness (QED) is 0.690. The van der Waals surface area contributed by atoms with E-state index in [0.717, 1.165) is 22.3 Å². The lowest BCUT2D eigenvalue weighted by atomic mass is 9.96. The first-order valence-corrected chi connectivity index (χ1v) is 7.39. The molecule has 3 rings (SSSR count). The van der Waals surface area contributed by atoms with Crippen molar-refractivity contribution in [3.8, 4) is 11.1 Å². The Morgan fingerprint density at radius 3 is 2.73 bits per heavy atom. The second kappa shape index (κ2) is 6.02. The zero-order chi connectivity index (χ0) is 15.5. The Morgan fingerprint density at radius 2 is 2.00 bits per heavy atom. The summed E-state index contributed by atoms with van der Waals surface area (Å²) in [6.45, 7) is 4.07. The molecule has 0 aliphatic heterocycles. The van der Waals surface area contributed by atoms with Crippen LogP contribution in [0.5, 0.6) is 0 Å². The van der Waals surface area contributed by atoms with Gasteiger partial charge in [-0.3, -0.25) is 4.79 Å². The molecule has 0 spiro atoms. The second-order valence-electron chi connectivity index (χ2n) is 5.16. The van der Waals surface area contributed by atoms with Crippen molar-refractivity contribution in [1.29, 1.82) is 0 Å². The molecular formula is C18H18N2O2. The molecule has 1 aromatic carbocycles. The third kappa shape index (κ3) is 2.48. The Kier molecular flexibility index (Phi) is 3.92. The average molecular weight is 294 g/mol. The van der Waals surface area contributed by atoms with Crippen LogP contribution in [0.2, 0.25) is 0 Å². The van der Waals surface area contributed by atoms with Gasteiger partial charge >= 0.3 is 5.97 Å². The number of nitrogens with zero attached hydrogens (tertiary/aromatic N) is 2. The molecule has 112 valence electrons. The monoisotopic (exact) mass is 294 g/mol. The summed E-state index contributed by atoms with van der Waals surface area (Å²) >= 11 is 0. The van der Waals surface area contributed by atoms with Gasteiger partial charge in [-0.2, -0.15) is 0 Å². The highest BCUT2D eigenvalue weighted by molar-refractivity contribution is 5.82. The maximum absolute atomic E-state index is 12.2. The molecule has 4 heteroatoms. The fraction of sp³-hybridized carbons (Fsp3) is 0.222. The number of hydrogen-bond donors (Lipinski definition) is 0. The lowest BCUT2D eigenvalue weighted by molar-refractivity contribution is -0.144. The number of benzene rings is 1. The first kappa shape index (κ1) is 14.3. The summed E-state index contributed by atoms with van der Waals surface area (Å²) in [5, 5.41) is 0. The predicted octanol–water partition coefficient (Wildman–Crippen LogP) is 3.67. The molecular weight excluding hydrogens is 276 g/mol. The van der Waals surface area contributed by atoms with Gasteiger partial charge in [0.2, 0.25) is 0 Å². The van der Waals surface area contributed by atoms with E-state index < -0.39 is 0 Å². The lowest BCUT2D eigenvalue weighted by Crippen LogP contribution is -2.16. The number of imidazole rings is 1. The molecule has 22 heavy (non-hydrogen) atoms. The minimum atomic E-state index is -0.368. The summed E-state index contributed by atoms with van der Waals surface area (Å²) < 4.78 is 7.16. The Labute approximate surface area is 129 Å². The van der Waals surface area contributed by atoms with Gasteiger partial charge in [0.25, 0.3) is 0 Å². The molecule has 1 atom stereocenters. The maximum Gasteiger partial charge on any atom is 0.314 e. The Morgan fingerprint density at radius 1 is 1.23 bits per heavy atom. The fourth-order valence-corrected chi connectivity index (χ4v) is 2.70. The fourth-order valence-electron chi connectivity index (χ4n) is 2.70. The highest BCUT2D eigenvalue weighted by Crippen LogP contribution is 2.31.